The van der Waals surface area contributed by atoms with E-state index in [9.17, 15) is 13.6 Å². The molecule has 3 N–H and O–H groups in total. The number of rotatable bonds is 6. The summed E-state index contributed by atoms with van der Waals surface area (Å²) in [7, 11) is 1.49. The van der Waals surface area contributed by atoms with Crippen LogP contribution in [0, 0.1) is 0 Å². The lowest BCUT2D eigenvalue weighted by Crippen LogP contribution is -2.48. The highest BCUT2D eigenvalue weighted by Crippen LogP contribution is 2.07. The molecule has 0 radical (unpaired) electrons. The molecule has 0 aromatic rings. The van der Waals surface area contributed by atoms with Crippen LogP contribution in [0.15, 0.2) is 0 Å². The Hall–Kier alpha value is -0.750. The maximum atomic E-state index is 12.0. The van der Waals surface area contributed by atoms with Crippen molar-refractivity contribution in [3.63, 3.8) is 0 Å². The zero-order valence-electron chi connectivity index (χ0n) is 8.46. The molecule has 0 aliphatic heterocycles. The molecule has 0 aliphatic rings. The number of carbonyl (C=O) groups is 1. The number of likely N-dealkylation sites (N-methyl/N-ethyl adjacent to an activating group) is 1. The van der Waals surface area contributed by atoms with Crippen LogP contribution in [-0.4, -0.2) is 36.9 Å². The minimum Gasteiger partial charge on any atom is -0.293 e. The van der Waals surface area contributed by atoms with Gasteiger partial charge in [-0.1, -0.05) is 13.3 Å². The molecule has 0 heterocycles. The number of hydrogen-bond donors (Lipinski definition) is 2. The van der Waals surface area contributed by atoms with Crippen LogP contribution >= 0.6 is 0 Å². The fourth-order valence-electron chi connectivity index (χ4n) is 1.27. The Balaban J connectivity index is 4.24. The Kier molecular flexibility index (Phi) is 6.31. The van der Waals surface area contributed by atoms with Crippen molar-refractivity contribution in [3.05, 3.63) is 0 Å². The van der Waals surface area contributed by atoms with Crippen molar-refractivity contribution in [1.29, 1.82) is 0 Å². The molecule has 0 fully saturated rings. The van der Waals surface area contributed by atoms with Crippen molar-refractivity contribution in [1.82, 2.24) is 10.3 Å². The Bertz CT molecular complexity index is 178. The molecule has 4 nitrogen and oxygen atoms in total. The number of hydrogen-bond acceptors (Lipinski definition) is 3. The van der Waals surface area contributed by atoms with E-state index in [2.05, 4.69) is 0 Å². The van der Waals surface area contributed by atoms with E-state index in [1.807, 2.05) is 12.3 Å². The van der Waals surface area contributed by atoms with Crippen LogP contribution < -0.4 is 11.3 Å². The van der Waals surface area contributed by atoms with Crippen molar-refractivity contribution in [2.75, 3.05) is 13.6 Å². The van der Waals surface area contributed by atoms with E-state index < -0.39 is 24.9 Å². The highest BCUT2D eigenvalue weighted by molar-refractivity contribution is 5.81. The average Bonchev–Trinajstić information content (AvgIpc) is 2.11. The summed E-state index contributed by atoms with van der Waals surface area (Å²) < 4.78 is 24.1. The van der Waals surface area contributed by atoms with Gasteiger partial charge in [-0.05, 0) is 13.5 Å². The van der Waals surface area contributed by atoms with Gasteiger partial charge < -0.3 is 0 Å². The molecule has 6 heteroatoms. The third-order valence-corrected chi connectivity index (χ3v) is 1.97. The topological polar surface area (TPSA) is 58.4 Å². The summed E-state index contributed by atoms with van der Waals surface area (Å²) in [6.45, 7) is 1.46. The molecule has 0 aromatic heterocycles. The molecule has 0 aromatic carbocycles. The van der Waals surface area contributed by atoms with Crippen molar-refractivity contribution in [2.45, 2.75) is 32.2 Å². The molecule has 1 atom stereocenters. The number of amides is 1. The van der Waals surface area contributed by atoms with Crippen LogP contribution in [0.25, 0.3) is 0 Å². The summed E-state index contributed by atoms with van der Waals surface area (Å²) in [6, 6.07) is -0.570. The first-order valence-corrected chi connectivity index (χ1v) is 4.51. The van der Waals surface area contributed by atoms with Gasteiger partial charge in [0.25, 0.3) is 12.3 Å². The summed E-state index contributed by atoms with van der Waals surface area (Å²) in [6.07, 6.45) is -1.18. The number of nitrogens with one attached hydrogen (secondary N) is 1. The van der Waals surface area contributed by atoms with Gasteiger partial charge in [-0.25, -0.2) is 14.6 Å². The van der Waals surface area contributed by atoms with Gasteiger partial charge >= 0.3 is 0 Å². The highest BCUT2D eigenvalue weighted by atomic mass is 19.3. The lowest BCUT2D eigenvalue weighted by molar-refractivity contribution is -0.126. The van der Waals surface area contributed by atoms with Gasteiger partial charge in [0.2, 0.25) is 0 Å². The zero-order valence-corrected chi connectivity index (χ0v) is 8.46. The second-order valence-corrected chi connectivity index (χ2v) is 3.14. The third-order valence-electron chi connectivity index (χ3n) is 1.97. The van der Waals surface area contributed by atoms with Gasteiger partial charge in [0.15, 0.2) is 0 Å². The van der Waals surface area contributed by atoms with Crippen LogP contribution in [-0.2, 0) is 4.79 Å². The first-order valence-electron chi connectivity index (χ1n) is 4.51. The molecule has 0 saturated carbocycles. The standard InChI is InChI=1S/C8H17F2N3O/c1-3-4-6(8(14)12-11)13(2)5-7(9)10/h6-7H,3-5,11H2,1-2H3,(H,12,14). The number of nitrogens with zero attached hydrogens (tertiary/aromatic N) is 1. The SMILES string of the molecule is CCCC(C(=O)NN)N(C)CC(F)F. The van der Waals surface area contributed by atoms with E-state index in [0.29, 0.717) is 6.42 Å². The van der Waals surface area contributed by atoms with Gasteiger partial charge in [-0.2, -0.15) is 0 Å². The summed E-state index contributed by atoms with van der Waals surface area (Å²) in [5.74, 6) is 4.54. The number of nitrogens with two attached hydrogens (primary N) is 1. The van der Waals surface area contributed by atoms with Gasteiger partial charge in [0, 0.05) is 0 Å². The van der Waals surface area contributed by atoms with Crippen molar-refractivity contribution in [3.8, 4) is 0 Å². The zero-order chi connectivity index (χ0) is 11.1. The minimum atomic E-state index is -2.44. The molecule has 14 heavy (non-hydrogen) atoms. The molecule has 0 aliphatic carbocycles. The molecule has 0 spiro atoms. The van der Waals surface area contributed by atoms with Crippen LogP contribution in [0.1, 0.15) is 19.8 Å². The van der Waals surface area contributed by atoms with Gasteiger partial charge in [0.05, 0.1) is 12.6 Å². The number of hydrazine groups is 1. The summed E-state index contributed by atoms with van der Waals surface area (Å²) >= 11 is 0. The van der Waals surface area contributed by atoms with E-state index in [4.69, 9.17) is 5.84 Å². The molecule has 1 amide bonds. The molecule has 0 bridgehead atoms. The molecule has 0 rings (SSSR count). The van der Waals surface area contributed by atoms with Gasteiger partial charge in [-0.3, -0.25) is 15.1 Å². The van der Waals surface area contributed by atoms with Crippen molar-refractivity contribution >= 4 is 5.91 Å². The number of halogens is 2. The first-order chi connectivity index (χ1) is 6.52. The molecule has 0 saturated heterocycles. The minimum absolute atomic E-state index is 0.419. The van der Waals surface area contributed by atoms with E-state index in [1.54, 1.807) is 0 Å². The van der Waals surface area contributed by atoms with Gasteiger partial charge in [-0.15, -0.1) is 0 Å². The quantitative estimate of drug-likeness (QED) is 0.377. The maximum absolute atomic E-state index is 12.0. The Morgan fingerprint density at radius 1 is 1.57 bits per heavy atom. The van der Waals surface area contributed by atoms with Crippen LogP contribution in [0.3, 0.4) is 0 Å². The first kappa shape index (κ1) is 13.2. The smallest absolute Gasteiger partial charge is 0.251 e. The fraction of sp³-hybridized carbons (Fsp3) is 0.875. The maximum Gasteiger partial charge on any atom is 0.251 e. The average molecular weight is 209 g/mol. The number of carbonyl (C=O) groups excluding carboxylic acids is 1. The Labute approximate surface area is 82.4 Å². The molecule has 84 valence electrons. The highest BCUT2D eigenvalue weighted by Gasteiger charge is 2.23. The monoisotopic (exact) mass is 209 g/mol. The lowest BCUT2D eigenvalue weighted by Gasteiger charge is -2.25. The third kappa shape index (κ3) is 4.48. The molecule has 1 unspecified atom stereocenters. The summed E-state index contributed by atoms with van der Waals surface area (Å²) in [5.41, 5.74) is 1.98. The second-order valence-electron chi connectivity index (χ2n) is 3.14. The Morgan fingerprint density at radius 2 is 2.14 bits per heavy atom. The second kappa shape index (κ2) is 6.67. The van der Waals surface area contributed by atoms with Crippen LogP contribution in [0.4, 0.5) is 8.78 Å². The Morgan fingerprint density at radius 3 is 2.50 bits per heavy atom. The summed E-state index contributed by atoms with van der Waals surface area (Å²) in [5, 5.41) is 0. The van der Waals surface area contributed by atoms with E-state index in [0.717, 1.165) is 6.42 Å². The molecular weight excluding hydrogens is 192 g/mol. The summed E-state index contributed by atoms with van der Waals surface area (Å²) in [4.78, 5) is 12.5. The van der Waals surface area contributed by atoms with Crippen molar-refractivity contribution < 1.29 is 13.6 Å². The number of alkyl halides is 2. The normalized spacial score (nSPS) is 13.4. The van der Waals surface area contributed by atoms with E-state index in [-0.39, 0.29) is 0 Å². The van der Waals surface area contributed by atoms with E-state index in [1.165, 1.54) is 11.9 Å². The fourth-order valence-corrected chi connectivity index (χ4v) is 1.27. The lowest BCUT2D eigenvalue weighted by atomic mass is 10.1. The van der Waals surface area contributed by atoms with Crippen LogP contribution in [0.5, 0.6) is 0 Å². The molecular formula is C8H17F2N3O. The van der Waals surface area contributed by atoms with Gasteiger partial charge in [0.1, 0.15) is 0 Å². The predicted octanol–water partition coefficient (Wildman–Crippen LogP) is 0.342. The van der Waals surface area contributed by atoms with E-state index >= 15 is 0 Å². The van der Waals surface area contributed by atoms with Crippen molar-refractivity contribution in [2.24, 2.45) is 5.84 Å². The van der Waals surface area contributed by atoms with Crippen LogP contribution in [0.2, 0.25) is 0 Å². The largest absolute Gasteiger partial charge is 0.293 e. The predicted molar refractivity (Wildman–Crippen MR) is 49.7 cm³/mol.